The van der Waals surface area contributed by atoms with Gasteiger partial charge in [0.2, 0.25) is 15.9 Å². The number of carbonyl (C=O) groups is 1. The zero-order valence-electron chi connectivity index (χ0n) is 18.9. The van der Waals surface area contributed by atoms with E-state index in [1.807, 2.05) is 38.1 Å². The summed E-state index contributed by atoms with van der Waals surface area (Å²) in [6, 6.07) is 9.93. The topological polar surface area (TPSA) is 119 Å². The number of rotatable bonds is 10. The number of carbonyl (C=O) groups excluding carboxylic acids is 1. The number of nitro groups is 1. The van der Waals surface area contributed by atoms with Crippen molar-refractivity contribution in [3.8, 4) is 5.75 Å². The van der Waals surface area contributed by atoms with Crippen molar-refractivity contribution < 1.29 is 22.9 Å². The van der Waals surface area contributed by atoms with E-state index in [4.69, 9.17) is 4.74 Å². The zero-order chi connectivity index (χ0) is 24.1. The fraction of sp³-hybridized carbons (Fsp3) is 0.409. The van der Waals surface area contributed by atoms with Gasteiger partial charge in [-0.05, 0) is 37.0 Å². The Bertz CT molecular complexity index is 1070. The van der Waals surface area contributed by atoms with Gasteiger partial charge in [0.25, 0.3) is 5.69 Å². The average Bonchev–Trinajstić information content (AvgIpc) is 2.75. The molecule has 10 heteroatoms. The third-order valence-electron chi connectivity index (χ3n) is 5.19. The summed E-state index contributed by atoms with van der Waals surface area (Å²) in [6.07, 6.45) is 1.99. The van der Waals surface area contributed by atoms with Crippen molar-refractivity contribution in [2.75, 3.05) is 17.7 Å². The minimum Gasteiger partial charge on any atom is -0.495 e. The number of benzene rings is 2. The number of hydrogen-bond donors (Lipinski definition) is 1. The monoisotopic (exact) mass is 463 g/mol. The lowest BCUT2D eigenvalue weighted by molar-refractivity contribution is -0.384. The van der Waals surface area contributed by atoms with Crippen LogP contribution in [0.15, 0.2) is 42.5 Å². The van der Waals surface area contributed by atoms with Crippen LogP contribution in [0, 0.1) is 10.1 Å². The van der Waals surface area contributed by atoms with Crippen LogP contribution in [0.5, 0.6) is 5.75 Å². The Kier molecular flexibility index (Phi) is 8.20. The van der Waals surface area contributed by atoms with Crippen molar-refractivity contribution in [2.45, 2.75) is 45.7 Å². The maximum Gasteiger partial charge on any atom is 0.271 e. The number of non-ortho nitro benzene ring substituents is 1. The Morgan fingerprint density at radius 2 is 1.81 bits per heavy atom. The van der Waals surface area contributed by atoms with E-state index in [1.165, 1.54) is 24.8 Å². The summed E-state index contributed by atoms with van der Waals surface area (Å²) in [5, 5.41) is 14.1. The van der Waals surface area contributed by atoms with Crippen LogP contribution in [0.25, 0.3) is 0 Å². The number of hydrogen-bond acceptors (Lipinski definition) is 6. The molecule has 0 radical (unpaired) electrons. The van der Waals surface area contributed by atoms with Gasteiger partial charge in [0.05, 0.1) is 24.3 Å². The highest BCUT2D eigenvalue weighted by atomic mass is 32.2. The zero-order valence-corrected chi connectivity index (χ0v) is 19.7. The maximum atomic E-state index is 13.2. The molecule has 2 aromatic carbocycles. The predicted molar refractivity (Wildman–Crippen MR) is 123 cm³/mol. The number of ether oxygens (including phenoxy) is 1. The molecule has 0 aliphatic rings. The molecular weight excluding hydrogens is 434 g/mol. The van der Waals surface area contributed by atoms with E-state index in [1.54, 1.807) is 6.92 Å². The summed E-state index contributed by atoms with van der Waals surface area (Å²) in [5.74, 6) is -0.408. The average molecular weight is 464 g/mol. The maximum absolute atomic E-state index is 13.2. The number of nitrogens with one attached hydrogen (secondary N) is 1. The Labute approximate surface area is 188 Å². The largest absolute Gasteiger partial charge is 0.495 e. The standard InChI is InChI=1S/C22H29N3O6S/c1-6-16-8-10-17(11-9-16)15(3)23-22(26)19(7-2)24(32(5,29)30)20-14-18(25(27)28)12-13-21(20)31-4/h8-15,19H,6-7H2,1-5H3,(H,23,26)/t15-,19+/m0/s1. The molecule has 9 nitrogen and oxygen atoms in total. The summed E-state index contributed by atoms with van der Waals surface area (Å²) in [4.78, 5) is 23.8. The van der Waals surface area contributed by atoms with Gasteiger partial charge in [0.1, 0.15) is 17.5 Å². The van der Waals surface area contributed by atoms with Gasteiger partial charge in [-0.25, -0.2) is 8.42 Å². The van der Waals surface area contributed by atoms with Crippen LogP contribution in [-0.4, -0.2) is 38.7 Å². The summed E-state index contributed by atoms with van der Waals surface area (Å²) in [5.41, 5.74) is 1.67. The van der Waals surface area contributed by atoms with Gasteiger partial charge in [0, 0.05) is 12.1 Å². The second kappa shape index (κ2) is 10.4. The van der Waals surface area contributed by atoms with Crippen molar-refractivity contribution in [1.29, 1.82) is 0 Å². The van der Waals surface area contributed by atoms with E-state index in [9.17, 15) is 23.3 Å². The first-order valence-corrected chi connectivity index (χ1v) is 12.1. The Morgan fingerprint density at radius 3 is 2.28 bits per heavy atom. The van der Waals surface area contributed by atoms with Crippen molar-refractivity contribution >= 4 is 27.3 Å². The van der Waals surface area contributed by atoms with Crippen LogP contribution in [-0.2, 0) is 21.2 Å². The molecule has 0 saturated carbocycles. The number of amides is 1. The molecule has 2 atom stereocenters. The SMILES string of the molecule is CCc1ccc([C@H](C)NC(=O)[C@@H](CC)N(c2cc([N+](=O)[O-])ccc2OC)S(C)(=O)=O)cc1. The van der Waals surface area contributed by atoms with Gasteiger partial charge < -0.3 is 10.1 Å². The highest BCUT2D eigenvalue weighted by molar-refractivity contribution is 7.92. The second-order valence-corrected chi connectivity index (χ2v) is 9.28. The summed E-state index contributed by atoms with van der Waals surface area (Å²) >= 11 is 0. The predicted octanol–water partition coefficient (Wildman–Crippen LogP) is 3.59. The molecule has 0 spiro atoms. The number of nitro benzene ring substituents is 1. The van der Waals surface area contributed by atoms with Crippen molar-refractivity contribution in [2.24, 2.45) is 0 Å². The molecular formula is C22H29N3O6S. The lowest BCUT2D eigenvalue weighted by Crippen LogP contribution is -2.49. The fourth-order valence-corrected chi connectivity index (χ4v) is 4.64. The summed E-state index contributed by atoms with van der Waals surface area (Å²) < 4.78 is 31.6. The third-order valence-corrected chi connectivity index (χ3v) is 6.35. The first-order valence-electron chi connectivity index (χ1n) is 10.2. The molecule has 0 fully saturated rings. The van der Waals surface area contributed by atoms with Crippen LogP contribution in [0.4, 0.5) is 11.4 Å². The van der Waals surface area contributed by atoms with Gasteiger partial charge in [-0.1, -0.05) is 38.1 Å². The van der Waals surface area contributed by atoms with Gasteiger partial charge in [-0.2, -0.15) is 0 Å². The van der Waals surface area contributed by atoms with Gasteiger partial charge in [-0.15, -0.1) is 0 Å². The van der Waals surface area contributed by atoms with Crippen LogP contribution in [0.3, 0.4) is 0 Å². The fourth-order valence-electron chi connectivity index (χ4n) is 3.43. The van der Waals surface area contributed by atoms with Crippen molar-refractivity contribution in [3.63, 3.8) is 0 Å². The van der Waals surface area contributed by atoms with Gasteiger partial charge >= 0.3 is 0 Å². The first-order chi connectivity index (χ1) is 15.0. The minimum atomic E-state index is -3.99. The summed E-state index contributed by atoms with van der Waals surface area (Å²) in [6.45, 7) is 5.53. The van der Waals surface area contributed by atoms with E-state index >= 15 is 0 Å². The van der Waals surface area contributed by atoms with Gasteiger partial charge in [0.15, 0.2) is 0 Å². The molecule has 0 bridgehead atoms. The number of aryl methyl sites for hydroxylation is 1. The molecule has 0 aromatic heterocycles. The number of sulfonamides is 1. The smallest absolute Gasteiger partial charge is 0.271 e. The molecule has 1 N–H and O–H groups in total. The van der Waals surface area contributed by atoms with Gasteiger partial charge in [-0.3, -0.25) is 19.2 Å². The summed E-state index contributed by atoms with van der Waals surface area (Å²) in [7, 11) is -2.66. The molecule has 0 aliphatic carbocycles. The van der Waals surface area contributed by atoms with E-state index < -0.39 is 26.9 Å². The van der Waals surface area contributed by atoms with Crippen LogP contribution in [0.2, 0.25) is 0 Å². The molecule has 174 valence electrons. The third kappa shape index (κ3) is 5.76. The first kappa shape index (κ1) is 25.1. The van der Waals surface area contributed by atoms with Crippen LogP contribution >= 0.6 is 0 Å². The highest BCUT2D eigenvalue weighted by Crippen LogP contribution is 2.35. The van der Waals surface area contributed by atoms with Crippen molar-refractivity contribution in [1.82, 2.24) is 5.32 Å². The minimum absolute atomic E-state index is 0.0637. The molecule has 0 aliphatic heterocycles. The quantitative estimate of drug-likeness (QED) is 0.425. The lowest BCUT2D eigenvalue weighted by atomic mass is 10.0. The van der Waals surface area contributed by atoms with E-state index in [0.717, 1.165) is 28.6 Å². The van der Waals surface area contributed by atoms with Crippen LogP contribution < -0.4 is 14.4 Å². The number of methoxy groups -OCH3 is 1. The Hall–Kier alpha value is -3.14. The second-order valence-electron chi connectivity index (χ2n) is 7.42. The molecule has 0 unspecified atom stereocenters. The Morgan fingerprint density at radius 1 is 1.19 bits per heavy atom. The van der Waals surface area contributed by atoms with E-state index in [2.05, 4.69) is 5.32 Å². The Balaban J connectivity index is 2.44. The molecule has 2 aromatic rings. The molecule has 2 rings (SSSR count). The molecule has 1 amide bonds. The van der Waals surface area contributed by atoms with E-state index in [0.29, 0.717) is 0 Å². The number of nitrogens with zero attached hydrogens (tertiary/aromatic N) is 2. The molecule has 32 heavy (non-hydrogen) atoms. The van der Waals surface area contributed by atoms with E-state index in [-0.39, 0.29) is 29.6 Å². The molecule has 0 saturated heterocycles. The highest BCUT2D eigenvalue weighted by Gasteiger charge is 2.35. The lowest BCUT2D eigenvalue weighted by Gasteiger charge is -2.31. The number of anilines is 1. The van der Waals surface area contributed by atoms with Crippen LogP contribution in [0.1, 0.15) is 44.4 Å². The normalized spacial score (nSPS) is 13.2. The molecule has 0 heterocycles. The van der Waals surface area contributed by atoms with Crippen molar-refractivity contribution in [3.05, 3.63) is 63.7 Å².